The Bertz CT molecular complexity index is 425. The van der Waals surface area contributed by atoms with Crippen molar-refractivity contribution in [3.63, 3.8) is 0 Å². The largest absolute Gasteiger partial charge is 0.417 e. The third kappa shape index (κ3) is 4.11. The zero-order valence-electron chi connectivity index (χ0n) is 10.6. The Labute approximate surface area is 116 Å². The molecule has 0 atom stereocenters. The van der Waals surface area contributed by atoms with Crippen LogP contribution in [0.15, 0.2) is 18.2 Å². The first kappa shape index (κ1) is 14.7. The van der Waals surface area contributed by atoms with E-state index in [-0.39, 0.29) is 5.02 Å². The van der Waals surface area contributed by atoms with Crippen LogP contribution < -0.4 is 5.32 Å². The molecule has 0 radical (unpaired) electrons. The van der Waals surface area contributed by atoms with Crippen LogP contribution in [0, 0.1) is 5.92 Å². The van der Waals surface area contributed by atoms with Crippen molar-refractivity contribution in [3.8, 4) is 0 Å². The summed E-state index contributed by atoms with van der Waals surface area (Å²) in [4.78, 5) is 0. The minimum absolute atomic E-state index is 0.224. The first-order valence-corrected chi connectivity index (χ1v) is 6.91. The van der Waals surface area contributed by atoms with E-state index in [4.69, 9.17) is 11.6 Å². The molecule has 1 aliphatic rings. The third-order valence-corrected chi connectivity index (χ3v) is 3.97. The van der Waals surface area contributed by atoms with E-state index in [0.717, 1.165) is 37.9 Å². The quantitative estimate of drug-likeness (QED) is 0.876. The molecule has 106 valence electrons. The highest BCUT2D eigenvalue weighted by molar-refractivity contribution is 6.31. The number of hydrogen-bond donors (Lipinski definition) is 1. The van der Waals surface area contributed by atoms with Gasteiger partial charge in [-0.05, 0) is 62.4 Å². The molecule has 1 fully saturated rings. The molecule has 1 nitrogen and oxygen atoms in total. The van der Waals surface area contributed by atoms with Gasteiger partial charge in [0.1, 0.15) is 0 Å². The van der Waals surface area contributed by atoms with E-state index in [1.54, 1.807) is 6.07 Å². The van der Waals surface area contributed by atoms with Crippen LogP contribution in [0.4, 0.5) is 13.2 Å². The number of benzene rings is 1. The van der Waals surface area contributed by atoms with Crippen LogP contribution >= 0.6 is 11.6 Å². The summed E-state index contributed by atoms with van der Waals surface area (Å²) in [6.07, 6.45) is -0.521. The van der Waals surface area contributed by atoms with Crippen molar-refractivity contribution in [3.05, 3.63) is 34.3 Å². The van der Waals surface area contributed by atoms with E-state index in [9.17, 15) is 13.2 Å². The van der Waals surface area contributed by atoms with Crippen LogP contribution in [0.5, 0.6) is 0 Å². The highest BCUT2D eigenvalue weighted by atomic mass is 35.5. The van der Waals surface area contributed by atoms with E-state index in [1.807, 2.05) is 0 Å². The summed E-state index contributed by atoms with van der Waals surface area (Å²) in [5.74, 6) is 0.617. The van der Waals surface area contributed by atoms with Gasteiger partial charge in [0.25, 0.3) is 0 Å². The first-order valence-electron chi connectivity index (χ1n) is 6.53. The van der Waals surface area contributed by atoms with Crippen LogP contribution in [0.1, 0.15) is 30.4 Å². The second kappa shape index (κ2) is 6.14. The predicted octanol–water partition coefficient (Wildman–Crippen LogP) is 4.29. The molecule has 1 saturated heterocycles. The minimum atomic E-state index is -4.37. The van der Waals surface area contributed by atoms with E-state index < -0.39 is 11.7 Å². The lowest BCUT2D eigenvalue weighted by Gasteiger charge is -2.22. The number of rotatable bonds is 3. The fourth-order valence-corrected chi connectivity index (χ4v) is 2.71. The van der Waals surface area contributed by atoms with Gasteiger partial charge < -0.3 is 5.32 Å². The monoisotopic (exact) mass is 291 g/mol. The second-order valence-corrected chi connectivity index (χ2v) is 5.45. The van der Waals surface area contributed by atoms with Crippen molar-refractivity contribution >= 4 is 11.6 Å². The Morgan fingerprint density at radius 3 is 2.53 bits per heavy atom. The molecule has 0 amide bonds. The van der Waals surface area contributed by atoms with Crippen molar-refractivity contribution in [2.24, 2.45) is 5.92 Å². The fraction of sp³-hybridized carbons (Fsp3) is 0.571. The van der Waals surface area contributed by atoms with Crippen LogP contribution in [-0.2, 0) is 12.6 Å². The Morgan fingerprint density at radius 2 is 1.89 bits per heavy atom. The zero-order valence-corrected chi connectivity index (χ0v) is 11.3. The van der Waals surface area contributed by atoms with Gasteiger partial charge in [0.15, 0.2) is 0 Å². The molecule has 19 heavy (non-hydrogen) atoms. The van der Waals surface area contributed by atoms with Crippen LogP contribution in [0.25, 0.3) is 0 Å². The van der Waals surface area contributed by atoms with Crippen LogP contribution in [0.2, 0.25) is 5.02 Å². The van der Waals surface area contributed by atoms with Crippen molar-refractivity contribution in [2.45, 2.75) is 31.9 Å². The number of nitrogens with one attached hydrogen (secondary N) is 1. The molecule has 0 spiro atoms. The summed E-state index contributed by atoms with van der Waals surface area (Å²) in [5.41, 5.74) is -0.00719. The van der Waals surface area contributed by atoms with E-state index in [1.165, 1.54) is 12.1 Å². The summed E-state index contributed by atoms with van der Waals surface area (Å²) in [5, 5.41) is 3.06. The standard InChI is InChI=1S/C14H17ClF3N/c15-13-4-3-11(9-12(13)14(16,17)18)2-1-10-5-7-19-8-6-10/h3-4,9-10,19H,1-2,5-8H2. The fourth-order valence-electron chi connectivity index (χ4n) is 2.49. The average molecular weight is 292 g/mol. The number of hydrogen-bond acceptors (Lipinski definition) is 1. The number of aryl methyl sites for hydroxylation is 1. The molecule has 0 saturated carbocycles. The lowest BCUT2D eigenvalue weighted by Crippen LogP contribution is -2.27. The maximum atomic E-state index is 12.7. The van der Waals surface area contributed by atoms with Gasteiger partial charge in [0, 0.05) is 0 Å². The molecule has 0 aromatic heterocycles. The summed E-state index contributed by atoms with van der Waals surface area (Å²) in [6, 6.07) is 4.23. The number of alkyl halides is 3. The van der Waals surface area contributed by atoms with Crippen LogP contribution in [-0.4, -0.2) is 13.1 Å². The molecule has 0 bridgehead atoms. The predicted molar refractivity (Wildman–Crippen MR) is 70.4 cm³/mol. The summed E-state index contributed by atoms with van der Waals surface area (Å²) in [6.45, 7) is 2.03. The molecule has 1 heterocycles. The average Bonchev–Trinajstić information content (AvgIpc) is 2.37. The van der Waals surface area contributed by atoms with Crippen molar-refractivity contribution < 1.29 is 13.2 Å². The molecule has 0 unspecified atom stereocenters. The molecule has 0 aliphatic carbocycles. The molecule has 1 aromatic rings. The van der Waals surface area contributed by atoms with Gasteiger partial charge in [0.05, 0.1) is 10.6 Å². The van der Waals surface area contributed by atoms with Gasteiger partial charge >= 0.3 is 6.18 Å². The molecule has 1 aliphatic heterocycles. The highest BCUT2D eigenvalue weighted by Crippen LogP contribution is 2.35. The first-order chi connectivity index (χ1) is 8.97. The minimum Gasteiger partial charge on any atom is -0.317 e. The van der Waals surface area contributed by atoms with Gasteiger partial charge in [0.2, 0.25) is 0 Å². The Morgan fingerprint density at radius 1 is 1.21 bits per heavy atom. The van der Waals surface area contributed by atoms with Crippen molar-refractivity contribution in [1.82, 2.24) is 5.32 Å². The van der Waals surface area contributed by atoms with E-state index >= 15 is 0 Å². The van der Waals surface area contributed by atoms with Gasteiger partial charge in [-0.15, -0.1) is 0 Å². The van der Waals surface area contributed by atoms with E-state index in [2.05, 4.69) is 5.32 Å². The third-order valence-electron chi connectivity index (χ3n) is 3.64. The summed E-state index contributed by atoms with van der Waals surface area (Å²) in [7, 11) is 0. The summed E-state index contributed by atoms with van der Waals surface area (Å²) < 4.78 is 38.2. The molecular formula is C14H17ClF3N. The van der Waals surface area contributed by atoms with Gasteiger partial charge in [-0.25, -0.2) is 0 Å². The van der Waals surface area contributed by atoms with Crippen LogP contribution in [0.3, 0.4) is 0 Å². The van der Waals surface area contributed by atoms with E-state index in [0.29, 0.717) is 12.3 Å². The maximum absolute atomic E-state index is 12.7. The van der Waals surface area contributed by atoms with Crippen molar-refractivity contribution in [2.75, 3.05) is 13.1 Å². The SMILES string of the molecule is FC(F)(F)c1cc(CCC2CCNCC2)ccc1Cl. The lowest BCUT2D eigenvalue weighted by atomic mass is 9.91. The lowest BCUT2D eigenvalue weighted by molar-refractivity contribution is -0.137. The molecule has 2 rings (SSSR count). The molecular weight excluding hydrogens is 275 g/mol. The van der Waals surface area contributed by atoms with Crippen molar-refractivity contribution in [1.29, 1.82) is 0 Å². The molecule has 1 N–H and O–H groups in total. The Balaban J connectivity index is 2.00. The van der Waals surface area contributed by atoms with Gasteiger partial charge in [-0.2, -0.15) is 13.2 Å². The normalized spacial score (nSPS) is 17.7. The smallest absolute Gasteiger partial charge is 0.317 e. The molecule has 1 aromatic carbocycles. The summed E-state index contributed by atoms with van der Waals surface area (Å²) >= 11 is 5.60. The highest BCUT2D eigenvalue weighted by Gasteiger charge is 2.33. The molecule has 5 heteroatoms. The maximum Gasteiger partial charge on any atom is 0.417 e. The van der Waals surface area contributed by atoms with Gasteiger partial charge in [-0.1, -0.05) is 17.7 Å². The Hall–Kier alpha value is -0.740. The zero-order chi connectivity index (χ0) is 13.9. The van der Waals surface area contributed by atoms with Gasteiger partial charge in [-0.3, -0.25) is 0 Å². The number of halogens is 4. The topological polar surface area (TPSA) is 12.0 Å². The second-order valence-electron chi connectivity index (χ2n) is 5.04. The Kier molecular flexibility index (Phi) is 4.74. The number of piperidine rings is 1.